The van der Waals surface area contributed by atoms with Gasteiger partial charge in [0.05, 0.1) is 6.33 Å². The lowest BCUT2D eigenvalue weighted by molar-refractivity contribution is 0.0865. The average molecular weight is 358 g/mol. The number of aromatic amines is 1. The Morgan fingerprint density at radius 1 is 1.15 bits per heavy atom. The molecule has 27 heavy (non-hydrogen) atoms. The van der Waals surface area contributed by atoms with Crippen molar-refractivity contribution < 1.29 is 4.79 Å². The highest BCUT2D eigenvalue weighted by Gasteiger charge is 2.36. The number of nitrogens with one attached hydrogen (secondary N) is 2. The van der Waals surface area contributed by atoms with Crippen LogP contribution in [0.4, 0.5) is 0 Å². The van der Waals surface area contributed by atoms with Gasteiger partial charge >= 0.3 is 0 Å². The van der Waals surface area contributed by atoms with Gasteiger partial charge in [0.1, 0.15) is 5.54 Å². The third-order valence-electron chi connectivity index (χ3n) is 5.05. The van der Waals surface area contributed by atoms with Crippen molar-refractivity contribution in [3.63, 3.8) is 0 Å². The minimum absolute atomic E-state index is 0.0526. The maximum atomic E-state index is 13.6. The number of hydrogen-bond donors (Lipinski definition) is 2. The number of Topliss-reactive ketones (excluding diaryl/α,β-unsaturated/α-hetero) is 1. The second-order valence-corrected chi connectivity index (χ2v) is 6.80. The van der Waals surface area contributed by atoms with Gasteiger partial charge in [-0.05, 0) is 18.6 Å². The molecule has 2 aromatic carbocycles. The summed E-state index contributed by atoms with van der Waals surface area (Å²) in [5.41, 5.74) is 1.79. The summed E-state index contributed by atoms with van der Waals surface area (Å²) in [7, 11) is 0. The molecule has 0 aliphatic heterocycles. The summed E-state index contributed by atoms with van der Waals surface area (Å²) < 4.78 is 1.99. The predicted octanol–water partition coefficient (Wildman–Crippen LogP) is 3.75. The van der Waals surface area contributed by atoms with Crippen LogP contribution in [0.2, 0.25) is 0 Å². The molecule has 2 heterocycles. The Bertz CT molecular complexity index is 1040. The molecule has 0 saturated heterocycles. The summed E-state index contributed by atoms with van der Waals surface area (Å²) in [6.45, 7) is 3.35. The van der Waals surface area contributed by atoms with Crippen LogP contribution in [0.15, 0.2) is 79.5 Å². The molecule has 5 nitrogen and oxygen atoms in total. The molecule has 0 aliphatic carbocycles. The first-order chi connectivity index (χ1) is 13.2. The molecule has 0 fully saturated rings. The molecule has 1 atom stereocenters. The van der Waals surface area contributed by atoms with Crippen LogP contribution in [0, 0.1) is 0 Å². The lowest BCUT2D eigenvalue weighted by Gasteiger charge is -2.30. The van der Waals surface area contributed by atoms with Crippen LogP contribution >= 0.6 is 0 Å². The van der Waals surface area contributed by atoms with E-state index in [1.807, 2.05) is 78.5 Å². The van der Waals surface area contributed by atoms with E-state index in [1.165, 1.54) is 0 Å². The number of imidazole rings is 1. The van der Waals surface area contributed by atoms with Gasteiger partial charge in [0.2, 0.25) is 0 Å². The highest BCUT2D eigenvalue weighted by molar-refractivity contribution is 6.12. The molecule has 0 radical (unpaired) electrons. The minimum Gasteiger partial charge on any atom is -0.360 e. The first kappa shape index (κ1) is 17.2. The molecule has 2 N–H and O–H groups in total. The molecule has 2 aromatic heterocycles. The summed E-state index contributed by atoms with van der Waals surface area (Å²) in [6.07, 6.45) is 7.27. The molecular formula is C22H22N4O. The fourth-order valence-electron chi connectivity index (χ4n) is 3.47. The van der Waals surface area contributed by atoms with E-state index in [-0.39, 0.29) is 5.78 Å². The first-order valence-corrected chi connectivity index (χ1v) is 9.06. The van der Waals surface area contributed by atoms with Crippen LogP contribution in [0.1, 0.15) is 22.8 Å². The van der Waals surface area contributed by atoms with Crippen LogP contribution in [-0.2, 0) is 12.1 Å². The van der Waals surface area contributed by atoms with Crippen LogP contribution < -0.4 is 5.32 Å². The standard InChI is InChI=1S/C22H22N4O/c1-22(17-7-3-2-4-8-17,25-12-14-26-13-11-23-16-26)21(27)19-15-24-20-10-6-5-9-18(19)20/h2-11,13,15-16,24-25H,12,14H2,1H3. The number of carbonyl (C=O) groups is 1. The molecule has 4 aromatic rings. The molecule has 0 spiro atoms. The van der Waals surface area contributed by atoms with Gasteiger partial charge in [0.25, 0.3) is 0 Å². The van der Waals surface area contributed by atoms with E-state index in [4.69, 9.17) is 0 Å². The number of ketones is 1. The second kappa shape index (κ2) is 7.21. The summed E-state index contributed by atoms with van der Waals surface area (Å²) in [5, 5.41) is 4.44. The van der Waals surface area contributed by atoms with Crippen molar-refractivity contribution in [2.75, 3.05) is 6.54 Å². The molecular weight excluding hydrogens is 336 g/mol. The van der Waals surface area contributed by atoms with Crippen molar-refractivity contribution in [1.29, 1.82) is 0 Å². The van der Waals surface area contributed by atoms with Crippen LogP contribution in [0.3, 0.4) is 0 Å². The number of nitrogens with zero attached hydrogens (tertiary/aromatic N) is 2. The smallest absolute Gasteiger partial charge is 0.189 e. The maximum absolute atomic E-state index is 13.6. The molecule has 1 unspecified atom stereocenters. The SMILES string of the molecule is CC(NCCn1ccnc1)(C(=O)c1c[nH]c2ccccc12)c1ccccc1. The van der Waals surface area contributed by atoms with Gasteiger partial charge in [-0.1, -0.05) is 48.5 Å². The molecule has 136 valence electrons. The number of fused-ring (bicyclic) bond motifs is 1. The second-order valence-electron chi connectivity index (χ2n) is 6.80. The Kier molecular flexibility index (Phi) is 4.60. The quantitative estimate of drug-likeness (QED) is 0.495. The van der Waals surface area contributed by atoms with Gasteiger partial charge in [-0.3, -0.25) is 10.1 Å². The molecule has 0 bridgehead atoms. The van der Waals surface area contributed by atoms with E-state index in [2.05, 4.69) is 15.3 Å². The lowest BCUT2D eigenvalue weighted by Crippen LogP contribution is -2.47. The van der Waals surface area contributed by atoms with Crippen LogP contribution in [0.25, 0.3) is 10.9 Å². The van der Waals surface area contributed by atoms with Crippen molar-refractivity contribution in [1.82, 2.24) is 19.9 Å². The van der Waals surface area contributed by atoms with Crippen LogP contribution in [-0.4, -0.2) is 26.9 Å². The summed E-state index contributed by atoms with van der Waals surface area (Å²) >= 11 is 0. The van der Waals surface area contributed by atoms with Gasteiger partial charge in [-0.25, -0.2) is 4.98 Å². The summed E-state index contributed by atoms with van der Waals surface area (Å²) in [5.74, 6) is 0.0526. The third-order valence-corrected chi connectivity index (χ3v) is 5.05. The van der Waals surface area contributed by atoms with Crippen molar-refractivity contribution in [3.05, 3.63) is 90.6 Å². The van der Waals surface area contributed by atoms with E-state index in [1.54, 1.807) is 12.5 Å². The number of hydrogen-bond acceptors (Lipinski definition) is 3. The normalized spacial score (nSPS) is 13.5. The van der Waals surface area contributed by atoms with E-state index in [0.717, 1.165) is 23.0 Å². The number of para-hydroxylation sites is 1. The molecule has 0 saturated carbocycles. The van der Waals surface area contributed by atoms with E-state index in [9.17, 15) is 4.79 Å². The number of carbonyl (C=O) groups excluding carboxylic acids is 1. The van der Waals surface area contributed by atoms with E-state index in [0.29, 0.717) is 12.1 Å². The van der Waals surface area contributed by atoms with Gasteiger partial charge in [-0.2, -0.15) is 0 Å². The largest absolute Gasteiger partial charge is 0.360 e. The Hall–Kier alpha value is -3.18. The van der Waals surface area contributed by atoms with Gasteiger partial charge in [0.15, 0.2) is 5.78 Å². The highest BCUT2D eigenvalue weighted by atomic mass is 16.1. The Labute approximate surface area is 158 Å². The zero-order chi connectivity index (χ0) is 18.7. The lowest BCUT2D eigenvalue weighted by atomic mass is 9.84. The van der Waals surface area contributed by atoms with Crippen molar-refractivity contribution in [3.8, 4) is 0 Å². The zero-order valence-electron chi connectivity index (χ0n) is 15.2. The Balaban J connectivity index is 1.67. The van der Waals surface area contributed by atoms with Crippen molar-refractivity contribution >= 4 is 16.7 Å². The first-order valence-electron chi connectivity index (χ1n) is 9.06. The van der Waals surface area contributed by atoms with Gasteiger partial charge < -0.3 is 9.55 Å². The Morgan fingerprint density at radius 3 is 2.70 bits per heavy atom. The summed E-state index contributed by atoms with van der Waals surface area (Å²) in [6, 6.07) is 17.8. The fraction of sp³-hybridized carbons (Fsp3) is 0.182. The number of H-pyrrole nitrogens is 1. The minimum atomic E-state index is -0.827. The van der Waals surface area contributed by atoms with E-state index < -0.39 is 5.54 Å². The summed E-state index contributed by atoms with van der Waals surface area (Å²) in [4.78, 5) is 20.9. The number of benzene rings is 2. The number of rotatable bonds is 7. The third kappa shape index (κ3) is 3.29. The van der Waals surface area contributed by atoms with E-state index >= 15 is 0 Å². The zero-order valence-corrected chi connectivity index (χ0v) is 15.2. The molecule has 0 aliphatic rings. The Morgan fingerprint density at radius 2 is 1.93 bits per heavy atom. The fourth-order valence-corrected chi connectivity index (χ4v) is 3.47. The van der Waals surface area contributed by atoms with Crippen molar-refractivity contribution in [2.24, 2.45) is 0 Å². The van der Waals surface area contributed by atoms with Gasteiger partial charge in [-0.15, -0.1) is 0 Å². The topological polar surface area (TPSA) is 62.7 Å². The average Bonchev–Trinajstić information content (AvgIpc) is 3.37. The highest BCUT2D eigenvalue weighted by Crippen LogP contribution is 2.29. The molecule has 5 heteroatoms. The monoisotopic (exact) mass is 358 g/mol. The predicted molar refractivity (Wildman–Crippen MR) is 107 cm³/mol. The number of aromatic nitrogens is 3. The molecule has 0 amide bonds. The van der Waals surface area contributed by atoms with Gasteiger partial charge in [0, 0.05) is 48.1 Å². The molecule has 4 rings (SSSR count). The maximum Gasteiger partial charge on any atom is 0.189 e. The van der Waals surface area contributed by atoms with Crippen molar-refractivity contribution in [2.45, 2.75) is 19.0 Å². The van der Waals surface area contributed by atoms with Crippen LogP contribution in [0.5, 0.6) is 0 Å².